The summed E-state index contributed by atoms with van der Waals surface area (Å²) in [5.41, 5.74) is 7.65. The van der Waals surface area contributed by atoms with Crippen molar-refractivity contribution in [3.05, 3.63) is 28.3 Å². The quantitative estimate of drug-likeness (QED) is 0.850. The summed E-state index contributed by atoms with van der Waals surface area (Å²) >= 11 is 6.05. The van der Waals surface area contributed by atoms with E-state index in [1.165, 1.54) is 0 Å². The highest BCUT2D eigenvalue weighted by molar-refractivity contribution is 6.31. The van der Waals surface area contributed by atoms with Gasteiger partial charge in [0.15, 0.2) is 0 Å². The molecule has 94 valence electrons. The molecule has 0 aliphatic carbocycles. The highest BCUT2D eigenvalue weighted by Gasteiger charge is 2.14. The Morgan fingerprint density at radius 1 is 1.59 bits per heavy atom. The van der Waals surface area contributed by atoms with Gasteiger partial charge in [0.25, 0.3) is 0 Å². The highest BCUT2D eigenvalue weighted by Crippen LogP contribution is 2.30. The summed E-state index contributed by atoms with van der Waals surface area (Å²) in [5.74, 6) is -0.228. The minimum atomic E-state index is -0.855. The van der Waals surface area contributed by atoms with Gasteiger partial charge in [-0.15, -0.1) is 0 Å². The van der Waals surface area contributed by atoms with E-state index in [4.69, 9.17) is 27.2 Å². The molecule has 0 saturated heterocycles. The lowest BCUT2D eigenvalue weighted by atomic mass is 9.98. The van der Waals surface area contributed by atoms with Crippen LogP contribution < -0.4 is 10.5 Å². The fourth-order valence-corrected chi connectivity index (χ4v) is 1.83. The maximum atomic E-state index is 10.5. The van der Waals surface area contributed by atoms with Gasteiger partial charge in [-0.2, -0.15) is 0 Å². The molecule has 17 heavy (non-hydrogen) atoms. The fourth-order valence-electron chi connectivity index (χ4n) is 1.61. The van der Waals surface area contributed by atoms with E-state index in [2.05, 4.69) is 0 Å². The average molecular weight is 258 g/mol. The molecule has 0 aliphatic heterocycles. The van der Waals surface area contributed by atoms with E-state index < -0.39 is 5.97 Å². The first-order valence-electron chi connectivity index (χ1n) is 5.27. The molecule has 0 aliphatic rings. The molecule has 0 radical (unpaired) electrons. The molecule has 4 nitrogen and oxygen atoms in total. The van der Waals surface area contributed by atoms with E-state index in [9.17, 15) is 4.79 Å². The van der Waals surface area contributed by atoms with Crippen LogP contribution in [-0.4, -0.2) is 18.2 Å². The van der Waals surface area contributed by atoms with Crippen molar-refractivity contribution in [1.29, 1.82) is 0 Å². The van der Waals surface area contributed by atoms with Crippen molar-refractivity contribution >= 4 is 17.6 Å². The first-order valence-corrected chi connectivity index (χ1v) is 5.65. The van der Waals surface area contributed by atoms with E-state index >= 15 is 0 Å². The van der Waals surface area contributed by atoms with Gasteiger partial charge in [0.05, 0.1) is 7.11 Å². The summed E-state index contributed by atoms with van der Waals surface area (Å²) in [5, 5.41) is 9.20. The van der Waals surface area contributed by atoms with Crippen LogP contribution in [0.1, 0.15) is 30.0 Å². The predicted octanol–water partition coefficient (Wildman–Crippen LogP) is 2.52. The van der Waals surface area contributed by atoms with Crippen LogP contribution in [0.4, 0.5) is 0 Å². The number of nitrogens with two attached hydrogens (primary N) is 1. The van der Waals surface area contributed by atoms with Crippen LogP contribution in [0.5, 0.6) is 5.75 Å². The minimum Gasteiger partial charge on any atom is -0.497 e. The van der Waals surface area contributed by atoms with Crippen molar-refractivity contribution < 1.29 is 14.6 Å². The number of carboxylic acids is 1. The lowest BCUT2D eigenvalue weighted by molar-refractivity contribution is -0.137. The Balaban J connectivity index is 2.95. The van der Waals surface area contributed by atoms with E-state index in [0.29, 0.717) is 17.2 Å². The number of carboxylic acid groups (broad SMARTS) is 1. The monoisotopic (exact) mass is 257 g/mol. The lowest BCUT2D eigenvalue weighted by Crippen LogP contribution is -2.14. The second-order valence-corrected chi connectivity index (χ2v) is 4.27. The topological polar surface area (TPSA) is 72.5 Å². The zero-order chi connectivity index (χ0) is 13.0. The fraction of sp³-hybridized carbons (Fsp3) is 0.417. The van der Waals surface area contributed by atoms with Gasteiger partial charge < -0.3 is 15.6 Å². The van der Waals surface area contributed by atoms with Gasteiger partial charge in [0.2, 0.25) is 0 Å². The number of aliphatic carboxylic acids is 1. The lowest BCUT2D eigenvalue weighted by Gasteiger charge is -2.16. The van der Waals surface area contributed by atoms with Crippen LogP contribution in [0.15, 0.2) is 12.1 Å². The van der Waals surface area contributed by atoms with Crippen molar-refractivity contribution in [2.45, 2.75) is 25.8 Å². The summed E-state index contributed by atoms with van der Waals surface area (Å²) in [6.45, 7) is 1.86. The molecule has 3 N–H and O–H groups in total. The molecule has 0 aromatic heterocycles. The largest absolute Gasteiger partial charge is 0.497 e. The SMILES string of the molecule is COc1cc(Cl)c(C)c(C(N)CCC(=O)O)c1. The number of benzene rings is 1. The Morgan fingerprint density at radius 2 is 2.24 bits per heavy atom. The molecule has 0 saturated carbocycles. The third-order valence-electron chi connectivity index (χ3n) is 2.66. The summed E-state index contributed by atoms with van der Waals surface area (Å²) < 4.78 is 5.11. The van der Waals surface area contributed by atoms with Crippen LogP contribution in [0, 0.1) is 6.92 Å². The van der Waals surface area contributed by atoms with Gasteiger partial charge in [-0.05, 0) is 36.6 Å². The number of methoxy groups -OCH3 is 1. The molecule has 0 heterocycles. The smallest absolute Gasteiger partial charge is 0.303 e. The third-order valence-corrected chi connectivity index (χ3v) is 3.05. The van der Waals surface area contributed by atoms with Gasteiger partial charge in [-0.3, -0.25) is 4.79 Å². The molecule has 5 heteroatoms. The van der Waals surface area contributed by atoms with E-state index in [0.717, 1.165) is 11.1 Å². The first-order chi connectivity index (χ1) is 7.95. The van der Waals surface area contributed by atoms with Gasteiger partial charge in [0.1, 0.15) is 5.75 Å². The van der Waals surface area contributed by atoms with Crippen molar-refractivity contribution in [2.75, 3.05) is 7.11 Å². The number of ether oxygens (including phenoxy) is 1. The molecule has 1 atom stereocenters. The van der Waals surface area contributed by atoms with Crippen LogP contribution >= 0.6 is 11.6 Å². The summed E-state index contributed by atoms with van der Waals surface area (Å²) in [4.78, 5) is 10.5. The van der Waals surface area contributed by atoms with Crippen LogP contribution in [0.2, 0.25) is 5.02 Å². The Bertz CT molecular complexity index is 420. The minimum absolute atomic E-state index is 0.0371. The zero-order valence-corrected chi connectivity index (χ0v) is 10.6. The third kappa shape index (κ3) is 3.61. The van der Waals surface area contributed by atoms with Crippen LogP contribution in [-0.2, 0) is 4.79 Å². The number of rotatable bonds is 5. The van der Waals surface area contributed by atoms with Gasteiger partial charge in [0, 0.05) is 17.5 Å². The Kier molecular flexibility index (Phi) is 4.78. The highest BCUT2D eigenvalue weighted by atomic mass is 35.5. The maximum absolute atomic E-state index is 10.5. The number of hydrogen-bond acceptors (Lipinski definition) is 3. The van der Waals surface area contributed by atoms with Gasteiger partial charge in [-0.25, -0.2) is 0 Å². The molecule has 0 bridgehead atoms. The average Bonchev–Trinajstić information content (AvgIpc) is 2.29. The number of carbonyl (C=O) groups is 1. The molecular formula is C12H16ClNO3. The molecule has 0 fully saturated rings. The zero-order valence-electron chi connectivity index (χ0n) is 9.87. The van der Waals surface area contributed by atoms with Gasteiger partial charge >= 0.3 is 5.97 Å². The second-order valence-electron chi connectivity index (χ2n) is 3.86. The normalized spacial score (nSPS) is 12.2. The predicted molar refractivity (Wildman–Crippen MR) is 66.5 cm³/mol. The summed E-state index contributed by atoms with van der Waals surface area (Å²) in [6.07, 6.45) is 0.412. The van der Waals surface area contributed by atoms with E-state index in [1.807, 2.05) is 6.92 Å². The summed E-state index contributed by atoms with van der Waals surface area (Å²) in [7, 11) is 1.55. The molecule has 0 amide bonds. The number of halogens is 1. The number of hydrogen-bond donors (Lipinski definition) is 2. The van der Waals surface area contributed by atoms with Crippen LogP contribution in [0.3, 0.4) is 0 Å². The molecule has 1 unspecified atom stereocenters. The van der Waals surface area contributed by atoms with E-state index in [-0.39, 0.29) is 12.5 Å². The second kappa shape index (κ2) is 5.89. The first kappa shape index (κ1) is 13.8. The molecule has 1 rings (SSSR count). The standard InChI is InChI=1S/C12H16ClNO3/c1-7-9(11(14)3-4-12(15)16)5-8(17-2)6-10(7)13/h5-6,11H,3-4,14H2,1-2H3,(H,15,16). The molecule has 1 aromatic carbocycles. The Hall–Kier alpha value is -1.26. The molecule has 0 spiro atoms. The van der Waals surface area contributed by atoms with Gasteiger partial charge in [-0.1, -0.05) is 11.6 Å². The Labute approximate surface area is 105 Å². The molecular weight excluding hydrogens is 242 g/mol. The van der Waals surface area contributed by atoms with Crippen molar-refractivity contribution in [3.63, 3.8) is 0 Å². The van der Waals surface area contributed by atoms with E-state index in [1.54, 1.807) is 19.2 Å². The van der Waals surface area contributed by atoms with Crippen molar-refractivity contribution in [2.24, 2.45) is 5.73 Å². The summed E-state index contributed by atoms with van der Waals surface area (Å²) in [6, 6.07) is 3.16. The maximum Gasteiger partial charge on any atom is 0.303 e. The van der Waals surface area contributed by atoms with Crippen LogP contribution in [0.25, 0.3) is 0 Å². The Morgan fingerprint density at radius 3 is 2.76 bits per heavy atom. The van der Waals surface area contributed by atoms with Crippen molar-refractivity contribution in [1.82, 2.24) is 0 Å². The van der Waals surface area contributed by atoms with Crippen molar-refractivity contribution in [3.8, 4) is 5.75 Å². The molecule has 1 aromatic rings.